The molecule has 0 bridgehead atoms. The van der Waals surface area contributed by atoms with Crippen molar-refractivity contribution < 1.29 is 9.53 Å². The van der Waals surface area contributed by atoms with Crippen molar-refractivity contribution in [1.82, 2.24) is 5.32 Å². The Bertz CT molecular complexity index is 584. The minimum atomic E-state index is -0.173. The number of anilines is 1. The van der Waals surface area contributed by atoms with Crippen LogP contribution in [0.5, 0.6) is 5.75 Å². The van der Waals surface area contributed by atoms with Gasteiger partial charge in [0.2, 0.25) is 0 Å². The number of amides is 1. The van der Waals surface area contributed by atoms with Gasteiger partial charge in [0, 0.05) is 11.7 Å². The molecule has 1 unspecified atom stereocenters. The van der Waals surface area contributed by atoms with Crippen molar-refractivity contribution in [3.8, 4) is 5.75 Å². The van der Waals surface area contributed by atoms with E-state index < -0.39 is 0 Å². The molecule has 1 amide bonds. The Morgan fingerprint density at radius 2 is 1.90 bits per heavy atom. The van der Waals surface area contributed by atoms with Gasteiger partial charge in [-0.1, -0.05) is 30.3 Å². The SMILES string of the molecule is CNC(C)c1cccc(NC(=O)COc2ccccc2)c1. The van der Waals surface area contributed by atoms with Gasteiger partial charge in [0.25, 0.3) is 5.91 Å². The van der Waals surface area contributed by atoms with E-state index in [1.165, 1.54) is 0 Å². The maximum absolute atomic E-state index is 11.9. The van der Waals surface area contributed by atoms with Crippen molar-refractivity contribution in [2.45, 2.75) is 13.0 Å². The summed E-state index contributed by atoms with van der Waals surface area (Å²) in [6, 6.07) is 17.3. The number of carbonyl (C=O) groups is 1. The minimum Gasteiger partial charge on any atom is -0.484 e. The number of para-hydroxylation sites is 1. The molecular weight excluding hydrogens is 264 g/mol. The van der Waals surface area contributed by atoms with Crippen LogP contribution >= 0.6 is 0 Å². The normalized spacial score (nSPS) is 11.7. The zero-order chi connectivity index (χ0) is 15.1. The van der Waals surface area contributed by atoms with Gasteiger partial charge in [-0.2, -0.15) is 0 Å². The third-order valence-electron chi connectivity index (χ3n) is 3.22. The van der Waals surface area contributed by atoms with E-state index in [0.717, 1.165) is 11.3 Å². The zero-order valence-corrected chi connectivity index (χ0v) is 12.3. The highest BCUT2D eigenvalue weighted by atomic mass is 16.5. The van der Waals surface area contributed by atoms with Crippen molar-refractivity contribution >= 4 is 11.6 Å². The van der Waals surface area contributed by atoms with Gasteiger partial charge >= 0.3 is 0 Å². The number of ether oxygens (including phenoxy) is 1. The summed E-state index contributed by atoms with van der Waals surface area (Å²) in [6.45, 7) is 2.06. The summed E-state index contributed by atoms with van der Waals surface area (Å²) in [4.78, 5) is 11.9. The molecule has 110 valence electrons. The lowest BCUT2D eigenvalue weighted by molar-refractivity contribution is -0.118. The molecule has 0 saturated heterocycles. The fourth-order valence-electron chi connectivity index (χ4n) is 1.92. The van der Waals surface area contributed by atoms with E-state index in [1.807, 2.05) is 61.6 Å². The predicted molar refractivity (Wildman–Crippen MR) is 84.5 cm³/mol. The molecule has 0 aliphatic heterocycles. The van der Waals surface area contributed by atoms with E-state index in [0.29, 0.717) is 5.75 Å². The Labute approximate surface area is 125 Å². The van der Waals surface area contributed by atoms with Crippen LogP contribution in [-0.4, -0.2) is 19.6 Å². The van der Waals surface area contributed by atoms with E-state index in [-0.39, 0.29) is 18.6 Å². The van der Waals surface area contributed by atoms with Crippen LogP contribution in [0.15, 0.2) is 54.6 Å². The van der Waals surface area contributed by atoms with Crippen LogP contribution in [0.25, 0.3) is 0 Å². The maximum Gasteiger partial charge on any atom is 0.262 e. The average Bonchev–Trinajstić information content (AvgIpc) is 2.53. The van der Waals surface area contributed by atoms with Gasteiger partial charge in [-0.25, -0.2) is 0 Å². The summed E-state index contributed by atoms with van der Waals surface area (Å²) in [5, 5.41) is 6.01. The molecule has 2 rings (SSSR count). The summed E-state index contributed by atoms with van der Waals surface area (Å²) in [6.07, 6.45) is 0. The van der Waals surface area contributed by atoms with Gasteiger partial charge in [0.1, 0.15) is 5.75 Å². The van der Waals surface area contributed by atoms with Crippen molar-refractivity contribution in [2.24, 2.45) is 0 Å². The van der Waals surface area contributed by atoms with E-state index in [9.17, 15) is 4.79 Å². The van der Waals surface area contributed by atoms with E-state index in [4.69, 9.17) is 4.74 Å². The molecule has 0 aliphatic rings. The topological polar surface area (TPSA) is 50.4 Å². The first-order valence-electron chi connectivity index (χ1n) is 6.94. The van der Waals surface area contributed by atoms with Crippen LogP contribution in [0.3, 0.4) is 0 Å². The van der Waals surface area contributed by atoms with Gasteiger partial charge in [-0.15, -0.1) is 0 Å². The first kappa shape index (κ1) is 15.1. The van der Waals surface area contributed by atoms with Gasteiger partial charge in [0.05, 0.1) is 0 Å². The average molecular weight is 284 g/mol. The molecule has 0 aliphatic carbocycles. The quantitative estimate of drug-likeness (QED) is 0.857. The number of rotatable bonds is 6. The Morgan fingerprint density at radius 3 is 2.62 bits per heavy atom. The number of benzene rings is 2. The Hall–Kier alpha value is -2.33. The molecule has 0 radical (unpaired) electrons. The van der Waals surface area contributed by atoms with Crippen LogP contribution in [0.4, 0.5) is 5.69 Å². The van der Waals surface area contributed by atoms with Crippen LogP contribution in [0.2, 0.25) is 0 Å². The maximum atomic E-state index is 11.9. The molecule has 21 heavy (non-hydrogen) atoms. The van der Waals surface area contributed by atoms with Gasteiger partial charge in [-0.3, -0.25) is 4.79 Å². The summed E-state index contributed by atoms with van der Waals surface area (Å²) in [5.41, 5.74) is 1.90. The summed E-state index contributed by atoms with van der Waals surface area (Å²) in [7, 11) is 1.91. The van der Waals surface area contributed by atoms with Crippen LogP contribution in [-0.2, 0) is 4.79 Å². The second kappa shape index (κ2) is 7.45. The van der Waals surface area contributed by atoms with E-state index in [1.54, 1.807) is 0 Å². The number of nitrogens with one attached hydrogen (secondary N) is 2. The lowest BCUT2D eigenvalue weighted by Crippen LogP contribution is -2.20. The fraction of sp³-hybridized carbons (Fsp3) is 0.235. The molecule has 1 atom stereocenters. The van der Waals surface area contributed by atoms with Crippen LogP contribution in [0, 0.1) is 0 Å². The summed E-state index contributed by atoms with van der Waals surface area (Å²) >= 11 is 0. The molecule has 2 aromatic carbocycles. The largest absolute Gasteiger partial charge is 0.484 e. The van der Waals surface area contributed by atoms with Crippen LogP contribution in [0.1, 0.15) is 18.5 Å². The smallest absolute Gasteiger partial charge is 0.262 e. The lowest BCUT2D eigenvalue weighted by atomic mass is 10.1. The Kier molecular flexibility index (Phi) is 5.35. The third-order valence-corrected chi connectivity index (χ3v) is 3.22. The van der Waals surface area contributed by atoms with E-state index in [2.05, 4.69) is 17.6 Å². The molecule has 0 aromatic heterocycles. The van der Waals surface area contributed by atoms with E-state index >= 15 is 0 Å². The molecule has 4 heteroatoms. The Balaban J connectivity index is 1.90. The number of carbonyl (C=O) groups excluding carboxylic acids is 1. The first-order valence-corrected chi connectivity index (χ1v) is 6.94. The van der Waals surface area contributed by atoms with Gasteiger partial charge in [0.15, 0.2) is 6.61 Å². The standard InChI is InChI=1S/C17H20N2O2/c1-13(18-2)14-7-6-8-15(11-14)19-17(20)12-21-16-9-4-3-5-10-16/h3-11,13,18H,12H2,1-2H3,(H,19,20). The van der Waals surface area contributed by atoms with Gasteiger partial charge < -0.3 is 15.4 Å². The highest BCUT2D eigenvalue weighted by Gasteiger charge is 2.06. The third kappa shape index (κ3) is 4.61. The van der Waals surface area contributed by atoms with Crippen molar-refractivity contribution in [2.75, 3.05) is 19.0 Å². The van der Waals surface area contributed by atoms with Crippen molar-refractivity contribution in [1.29, 1.82) is 0 Å². The van der Waals surface area contributed by atoms with Crippen molar-refractivity contribution in [3.05, 3.63) is 60.2 Å². The summed E-state index contributed by atoms with van der Waals surface area (Å²) < 4.78 is 5.41. The molecule has 0 heterocycles. The molecule has 0 spiro atoms. The molecular formula is C17H20N2O2. The molecule has 2 N–H and O–H groups in total. The lowest BCUT2D eigenvalue weighted by Gasteiger charge is -2.13. The second-order valence-corrected chi connectivity index (χ2v) is 4.79. The molecule has 2 aromatic rings. The Morgan fingerprint density at radius 1 is 1.14 bits per heavy atom. The first-order chi connectivity index (χ1) is 10.2. The summed E-state index contributed by atoms with van der Waals surface area (Å²) in [5.74, 6) is 0.512. The van der Waals surface area contributed by atoms with Crippen LogP contribution < -0.4 is 15.4 Å². The number of hydrogen-bond donors (Lipinski definition) is 2. The highest BCUT2D eigenvalue weighted by Crippen LogP contribution is 2.17. The fourth-order valence-corrected chi connectivity index (χ4v) is 1.92. The number of hydrogen-bond acceptors (Lipinski definition) is 3. The molecule has 0 saturated carbocycles. The highest BCUT2D eigenvalue weighted by molar-refractivity contribution is 5.91. The predicted octanol–water partition coefficient (Wildman–Crippen LogP) is 2.98. The monoisotopic (exact) mass is 284 g/mol. The zero-order valence-electron chi connectivity index (χ0n) is 12.3. The van der Waals surface area contributed by atoms with Gasteiger partial charge in [-0.05, 0) is 43.8 Å². The minimum absolute atomic E-state index is 0.00414. The molecule has 4 nitrogen and oxygen atoms in total. The van der Waals surface area contributed by atoms with Crippen molar-refractivity contribution in [3.63, 3.8) is 0 Å². The second-order valence-electron chi connectivity index (χ2n) is 4.79. The molecule has 0 fully saturated rings.